The summed E-state index contributed by atoms with van der Waals surface area (Å²) in [6.07, 6.45) is 4.04. The molecule has 92 valence electrons. The fraction of sp³-hybridized carbons (Fsp3) is 0.545. The second-order valence-electron chi connectivity index (χ2n) is 4.16. The predicted octanol–water partition coefficient (Wildman–Crippen LogP) is 0.598. The lowest BCUT2D eigenvalue weighted by Gasteiger charge is -2.19. The first-order valence-electron chi connectivity index (χ1n) is 5.68. The molecule has 17 heavy (non-hydrogen) atoms. The molecule has 0 bridgehead atoms. The first-order chi connectivity index (χ1) is 8.16. The lowest BCUT2D eigenvalue weighted by molar-refractivity contribution is -0.135. The fourth-order valence-corrected chi connectivity index (χ4v) is 1.92. The van der Waals surface area contributed by atoms with Gasteiger partial charge in [0.15, 0.2) is 0 Å². The van der Waals surface area contributed by atoms with E-state index in [1.54, 1.807) is 13.2 Å². The number of carbonyl (C=O) groups is 1. The first kappa shape index (κ1) is 11.6. The van der Waals surface area contributed by atoms with Gasteiger partial charge in [0.05, 0.1) is 0 Å². The quantitative estimate of drug-likeness (QED) is 0.825. The molecule has 0 spiro atoms. The molecule has 1 aliphatic rings. The number of anilines is 2. The SMILES string of the molecule is CN(CC(=O)O)c1nccc(N2CCCC2)n1. The highest BCUT2D eigenvalue weighted by Crippen LogP contribution is 2.18. The molecule has 0 atom stereocenters. The van der Waals surface area contributed by atoms with Crippen molar-refractivity contribution in [2.24, 2.45) is 0 Å². The van der Waals surface area contributed by atoms with Crippen LogP contribution in [0.2, 0.25) is 0 Å². The zero-order chi connectivity index (χ0) is 12.3. The molecule has 0 aromatic carbocycles. The summed E-state index contributed by atoms with van der Waals surface area (Å²) < 4.78 is 0. The smallest absolute Gasteiger partial charge is 0.323 e. The Kier molecular flexibility index (Phi) is 3.41. The lowest BCUT2D eigenvalue weighted by Crippen LogP contribution is -2.28. The van der Waals surface area contributed by atoms with Crippen LogP contribution in [-0.2, 0) is 4.79 Å². The van der Waals surface area contributed by atoms with Gasteiger partial charge in [0.2, 0.25) is 5.95 Å². The van der Waals surface area contributed by atoms with Crippen LogP contribution >= 0.6 is 0 Å². The third-order valence-electron chi connectivity index (χ3n) is 2.77. The monoisotopic (exact) mass is 236 g/mol. The second kappa shape index (κ2) is 4.99. The van der Waals surface area contributed by atoms with Crippen LogP contribution in [0.25, 0.3) is 0 Å². The highest BCUT2D eigenvalue weighted by atomic mass is 16.4. The number of aromatic nitrogens is 2. The first-order valence-corrected chi connectivity index (χ1v) is 5.68. The van der Waals surface area contributed by atoms with E-state index in [9.17, 15) is 4.79 Å². The molecule has 0 saturated carbocycles. The van der Waals surface area contributed by atoms with E-state index in [4.69, 9.17) is 5.11 Å². The lowest BCUT2D eigenvalue weighted by atomic mass is 10.4. The zero-order valence-corrected chi connectivity index (χ0v) is 9.83. The van der Waals surface area contributed by atoms with E-state index in [0.717, 1.165) is 18.9 Å². The largest absolute Gasteiger partial charge is 0.480 e. The molecule has 0 unspecified atom stereocenters. The minimum Gasteiger partial charge on any atom is -0.480 e. The molecule has 2 heterocycles. The highest BCUT2D eigenvalue weighted by Gasteiger charge is 2.15. The summed E-state index contributed by atoms with van der Waals surface area (Å²) >= 11 is 0. The number of nitrogens with zero attached hydrogens (tertiary/aromatic N) is 4. The number of carboxylic acid groups (broad SMARTS) is 1. The Morgan fingerprint density at radius 2 is 2.24 bits per heavy atom. The molecule has 6 heteroatoms. The maximum atomic E-state index is 10.6. The summed E-state index contributed by atoms with van der Waals surface area (Å²) in [4.78, 5) is 22.8. The van der Waals surface area contributed by atoms with Crippen molar-refractivity contribution in [1.29, 1.82) is 0 Å². The van der Waals surface area contributed by atoms with E-state index in [1.807, 2.05) is 6.07 Å². The van der Waals surface area contributed by atoms with Crippen LogP contribution in [0.3, 0.4) is 0 Å². The van der Waals surface area contributed by atoms with Crippen molar-refractivity contribution >= 4 is 17.7 Å². The average molecular weight is 236 g/mol. The third-order valence-corrected chi connectivity index (χ3v) is 2.77. The minimum atomic E-state index is -0.886. The van der Waals surface area contributed by atoms with E-state index >= 15 is 0 Å². The van der Waals surface area contributed by atoms with Gasteiger partial charge in [-0.15, -0.1) is 0 Å². The number of carboxylic acids is 1. The molecule has 1 saturated heterocycles. The second-order valence-corrected chi connectivity index (χ2v) is 4.16. The molecule has 1 fully saturated rings. The van der Waals surface area contributed by atoms with Crippen LogP contribution in [-0.4, -0.2) is 47.7 Å². The Bertz CT molecular complexity index is 404. The maximum Gasteiger partial charge on any atom is 0.323 e. The van der Waals surface area contributed by atoms with Crippen molar-refractivity contribution in [3.63, 3.8) is 0 Å². The normalized spacial score (nSPS) is 15.0. The molecule has 1 N–H and O–H groups in total. The highest BCUT2D eigenvalue weighted by molar-refractivity contribution is 5.72. The van der Waals surface area contributed by atoms with E-state index in [1.165, 1.54) is 17.7 Å². The van der Waals surface area contributed by atoms with Gasteiger partial charge >= 0.3 is 5.97 Å². The van der Waals surface area contributed by atoms with Crippen LogP contribution in [0.4, 0.5) is 11.8 Å². The van der Waals surface area contributed by atoms with Crippen molar-refractivity contribution < 1.29 is 9.90 Å². The Morgan fingerprint density at radius 3 is 2.88 bits per heavy atom. The molecule has 1 aromatic heterocycles. The molecule has 1 aliphatic heterocycles. The van der Waals surface area contributed by atoms with Crippen LogP contribution in [0, 0.1) is 0 Å². The van der Waals surface area contributed by atoms with E-state index in [2.05, 4.69) is 14.9 Å². The standard InChI is InChI=1S/C11H16N4O2/c1-14(8-10(16)17)11-12-5-4-9(13-11)15-6-2-3-7-15/h4-5H,2-3,6-8H2,1H3,(H,16,17). The van der Waals surface area contributed by atoms with Crippen LogP contribution in [0.5, 0.6) is 0 Å². The Morgan fingerprint density at radius 1 is 1.53 bits per heavy atom. The Hall–Kier alpha value is -1.85. The number of aliphatic carboxylic acids is 1. The average Bonchev–Trinajstić information content (AvgIpc) is 2.82. The summed E-state index contributed by atoms with van der Waals surface area (Å²) in [7, 11) is 1.68. The predicted molar refractivity (Wildman–Crippen MR) is 64.4 cm³/mol. The number of hydrogen-bond donors (Lipinski definition) is 1. The number of hydrogen-bond acceptors (Lipinski definition) is 5. The molecule has 0 aliphatic carbocycles. The summed E-state index contributed by atoms with van der Waals surface area (Å²) in [5.41, 5.74) is 0. The summed E-state index contributed by atoms with van der Waals surface area (Å²) in [5, 5.41) is 8.72. The molecule has 0 radical (unpaired) electrons. The van der Waals surface area contributed by atoms with Crippen molar-refractivity contribution in [2.75, 3.05) is 36.5 Å². The third kappa shape index (κ3) is 2.83. The Labute approximate surface area is 99.9 Å². The van der Waals surface area contributed by atoms with Gasteiger partial charge in [-0.3, -0.25) is 4.79 Å². The van der Waals surface area contributed by atoms with Gasteiger partial charge in [-0.25, -0.2) is 4.98 Å². The molecular formula is C11H16N4O2. The summed E-state index contributed by atoms with van der Waals surface area (Å²) in [5.74, 6) is 0.448. The van der Waals surface area contributed by atoms with Crippen molar-refractivity contribution in [3.05, 3.63) is 12.3 Å². The van der Waals surface area contributed by atoms with Crippen LogP contribution in [0.1, 0.15) is 12.8 Å². The molecule has 1 aromatic rings. The maximum absolute atomic E-state index is 10.6. The van der Waals surface area contributed by atoms with Crippen LogP contribution < -0.4 is 9.80 Å². The molecule has 6 nitrogen and oxygen atoms in total. The van der Waals surface area contributed by atoms with Crippen molar-refractivity contribution in [1.82, 2.24) is 9.97 Å². The topological polar surface area (TPSA) is 69.6 Å². The van der Waals surface area contributed by atoms with E-state index < -0.39 is 5.97 Å². The van der Waals surface area contributed by atoms with Gasteiger partial charge in [0.25, 0.3) is 0 Å². The minimum absolute atomic E-state index is 0.0938. The van der Waals surface area contributed by atoms with E-state index in [0.29, 0.717) is 5.95 Å². The van der Waals surface area contributed by atoms with Crippen LogP contribution in [0.15, 0.2) is 12.3 Å². The van der Waals surface area contributed by atoms with Gasteiger partial charge in [0, 0.05) is 26.3 Å². The van der Waals surface area contributed by atoms with Gasteiger partial charge in [-0.1, -0.05) is 0 Å². The van der Waals surface area contributed by atoms with Gasteiger partial charge in [-0.05, 0) is 18.9 Å². The Balaban J connectivity index is 2.12. The number of likely N-dealkylation sites (N-methyl/N-ethyl adjacent to an activating group) is 1. The summed E-state index contributed by atoms with van der Waals surface area (Å²) in [6.45, 7) is 1.93. The number of rotatable bonds is 4. The fourth-order valence-electron chi connectivity index (χ4n) is 1.92. The van der Waals surface area contributed by atoms with E-state index in [-0.39, 0.29) is 6.54 Å². The molecule has 0 amide bonds. The van der Waals surface area contributed by atoms with Crippen molar-refractivity contribution in [2.45, 2.75) is 12.8 Å². The molecule has 2 rings (SSSR count). The van der Waals surface area contributed by atoms with Gasteiger partial charge in [-0.2, -0.15) is 4.98 Å². The zero-order valence-electron chi connectivity index (χ0n) is 9.83. The van der Waals surface area contributed by atoms with Crippen molar-refractivity contribution in [3.8, 4) is 0 Å². The van der Waals surface area contributed by atoms with Gasteiger partial charge < -0.3 is 14.9 Å². The summed E-state index contributed by atoms with van der Waals surface area (Å²) in [6, 6.07) is 1.86. The van der Waals surface area contributed by atoms with Gasteiger partial charge in [0.1, 0.15) is 12.4 Å². The molecular weight excluding hydrogens is 220 g/mol.